The monoisotopic (exact) mass is 405 g/mol. The molecule has 1 amide bonds. The van der Waals surface area contributed by atoms with Crippen LogP contribution in [0.15, 0.2) is 52.1 Å². The van der Waals surface area contributed by atoms with Crippen molar-refractivity contribution in [2.75, 3.05) is 22.5 Å². The van der Waals surface area contributed by atoms with E-state index in [0.29, 0.717) is 29.9 Å². The highest BCUT2D eigenvalue weighted by molar-refractivity contribution is 6.00. The Morgan fingerprint density at radius 3 is 2.67 bits per heavy atom. The molecule has 0 fully saturated rings. The molecule has 30 heavy (non-hydrogen) atoms. The Kier molecular flexibility index (Phi) is 4.93. The molecule has 0 saturated heterocycles. The van der Waals surface area contributed by atoms with E-state index in [-0.39, 0.29) is 23.0 Å². The molecular formula is C21H19N5O4. The number of aromatic amines is 1. The van der Waals surface area contributed by atoms with E-state index in [9.17, 15) is 19.5 Å². The first-order valence-corrected chi connectivity index (χ1v) is 9.30. The average molecular weight is 405 g/mol. The van der Waals surface area contributed by atoms with Crippen molar-refractivity contribution >= 4 is 39.7 Å². The van der Waals surface area contributed by atoms with Gasteiger partial charge in [-0.2, -0.15) is 5.10 Å². The van der Waals surface area contributed by atoms with Crippen LogP contribution in [-0.4, -0.2) is 27.8 Å². The first-order chi connectivity index (χ1) is 14.4. The second-order valence-electron chi connectivity index (χ2n) is 6.89. The normalized spacial score (nSPS) is 11.0. The summed E-state index contributed by atoms with van der Waals surface area (Å²) < 4.78 is 0. The Hall–Kier alpha value is -4.14. The minimum atomic E-state index is -0.593. The molecule has 1 heterocycles. The molecule has 0 radical (unpaired) electrons. The van der Waals surface area contributed by atoms with Crippen molar-refractivity contribution in [1.82, 2.24) is 10.2 Å². The molecule has 3 aromatic carbocycles. The molecule has 0 aliphatic carbocycles. The summed E-state index contributed by atoms with van der Waals surface area (Å²) in [4.78, 5) is 35.4. The third kappa shape index (κ3) is 3.72. The predicted octanol–water partition coefficient (Wildman–Crippen LogP) is 2.22. The zero-order valence-electron chi connectivity index (χ0n) is 16.1. The summed E-state index contributed by atoms with van der Waals surface area (Å²) in [5, 5.41) is 25.7. The number of nitrogens with one attached hydrogen (secondary N) is 4. The van der Waals surface area contributed by atoms with E-state index in [2.05, 4.69) is 26.1 Å². The van der Waals surface area contributed by atoms with Gasteiger partial charge in [-0.25, -0.2) is 0 Å². The van der Waals surface area contributed by atoms with Gasteiger partial charge in [-0.05, 0) is 42.3 Å². The standard InChI is InChI=1S/C21H19N5O4/c1-11(27)23-21-15-10-13(5-6-16(15)25-26-21)24-18-17(19(29)20(18)30)22-8-7-12-3-2-4-14(28)9-12/h2-6,9-10,22,24,28H,7-8H2,1H3,(H2,23,25,26,27). The molecule has 1 aromatic heterocycles. The quantitative estimate of drug-likeness (QED) is 0.297. The molecule has 0 bridgehead atoms. The molecule has 4 aromatic rings. The van der Waals surface area contributed by atoms with Gasteiger partial charge in [0.2, 0.25) is 5.91 Å². The smallest absolute Gasteiger partial charge is 0.253 e. The minimum Gasteiger partial charge on any atom is -0.508 e. The summed E-state index contributed by atoms with van der Waals surface area (Å²) in [5.74, 6) is 0.315. The summed E-state index contributed by atoms with van der Waals surface area (Å²) in [5.41, 5.74) is 1.47. The Labute approximate surface area is 170 Å². The van der Waals surface area contributed by atoms with Crippen molar-refractivity contribution < 1.29 is 9.90 Å². The third-order valence-corrected chi connectivity index (χ3v) is 4.66. The fourth-order valence-corrected chi connectivity index (χ4v) is 3.22. The number of aromatic hydroxyl groups is 1. The number of aromatic nitrogens is 2. The van der Waals surface area contributed by atoms with Crippen molar-refractivity contribution in [3.05, 3.63) is 68.5 Å². The Morgan fingerprint density at radius 2 is 1.90 bits per heavy atom. The van der Waals surface area contributed by atoms with E-state index < -0.39 is 10.9 Å². The van der Waals surface area contributed by atoms with Crippen molar-refractivity contribution in [2.24, 2.45) is 0 Å². The zero-order valence-corrected chi connectivity index (χ0v) is 16.1. The summed E-state index contributed by atoms with van der Waals surface area (Å²) in [6.07, 6.45) is 0.577. The molecule has 0 aliphatic heterocycles. The lowest BCUT2D eigenvalue weighted by atomic mass is 10.1. The summed E-state index contributed by atoms with van der Waals surface area (Å²) >= 11 is 0. The number of benzene rings is 2. The average Bonchev–Trinajstić information content (AvgIpc) is 3.11. The summed E-state index contributed by atoms with van der Waals surface area (Å²) in [6, 6.07) is 12.1. The Balaban J connectivity index is 1.50. The van der Waals surface area contributed by atoms with Gasteiger partial charge in [-0.1, -0.05) is 12.1 Å². The molecule has 9 heteroatoms. The summed E-state index contributed by atoms with van der Waals surface area (Å²) in [6.45, 7) is 1.82. The topological polar surface area (TPSA) is 136 Å². The van der Waals surface area contributed by atoms with Crippen LogP contribution in [0.25, 0.3) is 10.9 Å². The van der Waals surface area contributed by atoms with Gasteiger partial charge in [-0.15, -0.1) is 0 Å². The molecule has 0 aliphatic rings. The second-order valence-corrected chi connectivity index (χ2v) is 6.89. The van der Waals surface area contributed by atoms with Crippen LogP contribution in [0.1, 0.15) is 12.5 Å². The number of carbonyl (C=O) groups excluding carboxylic acids is 1. The lowest BCUT2D eigenvalue weighted by Gasteiger charge is -2.15. The molecule has 152 valence electrons. The maximum Gasteiger partial charge on any atom is 0.253 e. The van der Waals surface area contributed by atoms with Crippen LogP contribution in [-0.2, 0) is 11.2 Å². The van der Waals surface area contributed by atoms with Crippen LogP contribution < -0.4 is 26.8 Å². The maximum absolute atomic E-state index is 12.1. The third-order valence-electron chi connectivity index (χ3n) is 4.66. The second kappa shape index (κ2) is 7.70. The van der Waals surface area contributed by atoms with Crippen LogP contribution in [0.5, 0.6) is 5.75 Å². The number of carbonyl (C=O) groups is 1. The Morgan fingerprint density at radius 1 is 1.10 bits per heavy atom. The van der Waals surface area contributed by atoms with Crippen LogP contribution in [0.2, 0.25) is 0 Å². The number of H-pyrrole nitrogens is 1. The molecule has 0 saturated carbocycles. The van der Waals surface area contributed by atoms with Gasteiger partial charge in [0.15, 0.2) is 5.82 Å². The number of hydrogen-bond donors (Lipinski definition) is 5. The van der Waals surface area contributed by atoms with Gasteiger partial charge in [0.05, 0.1) is 5.52 Å². The first kappa shape index (κ1) is 19.2. The summed E-state index contributed by atoms with van der Waals surface area (Å²) in [7, 11) is 0. The van der Waals surface area contributed by atoms with Crippen molar-refractivity contribution in [3.63, 3.8) is 0 Å². The first-order valence-electron chi connectivity index (χ1n) is 9.30. The van der Waals surface area contributed by atoms with Gasteiger partial charge < -0.3 is 21.1 Å². The van der Waals surface area contributed by atoms with E-state index in [4.69, 9.17) is 0 Å². The van der Waals surface area contributed by atoms with E-state index in [1.54, 1.807) is 36.4 Å². The number of rotatable bonds is 7. The van der Waals surface area contributed by atoms with E-state index >= 15 is 0 Å². The fourth-order valence-electron chi connectivity index (χ4n) is 3.22. The van der Waals surface area contributed by atoms with Crippen LogP contribution >= 0.6 is 0 Å². The van der Waals surface area contributed by atoms with Gasteiger partial charge in [0.25, 0.3) is 10.9 Å². The number of nitrogens with zero attached hydrogens (tertiary/aromatic N) is 1. The number of hydrogen-bond acceptors (Lipinski definition) is 7. The largest absolute Gasteiger partial charge is 0.508 e. The molecule has 9 nitrogen and oxygen atoms in total. The van der Waals surface area contributed by atoms with E-state index in [1.807, 2.05) is 6.07 Å². The predicted molar refractivity (Wildman–Crippen MR) is 115 cm³/mol. The number of phenols is 1. The maximum atomic E-state index is 12.1. The highest BCUT2D eigenvalue weighted by Crippen LogP contribution is 2.27. The number of phenolic OH excluding ortho intramolecular Hbond substituents is 1. The lowest BCUT2D eigenvalue weighted by Crippen LogP contribution is -2.37. The molecule has 0 atom stereocenters. The lowest BCUT2D eigenvalue weighted by molar-refractivity contribution is -0.114. The molecule has 0 spiro atoms. The van der Waals surface area contributed by atoms with Gasteiger partial charge in [-0.3, -0.25) is 19.5 Å². The minimum absolute atomic E-state index is 0.178. The SMILES string of the molecule is CC(=O)Nc1n[nH]c2ccc(Nc3c(NCCc4cccc(O)c4)c(=O)c3=O)cc12. The van der Waals surface area contributed by atoms with Gasteiger partial charge >= 0.3 is 0 Å². The fraction of sp³-hybridized carbons (Fsp3) is 0.143. The van der Waals surface area contributed by atoms with Crippen LogP contribution in [0.4, 0.5) is 22.9 Å². The van der Waals surface area contributed by atoms with E-state index in [0.717, 1.165) is 11.1 Å². The molecule has 0 unspecified atom stereocenters. The van der Waals surface area contributed by atoms with Crippen molar-refractivity contribution in [2.45, 2.75) is 13.3 Å². The number of anilines is 4. The van der Waals surface area contributed by atoms with Crippen molar-refractivity contribution in [1.29, 1.82) is 0 Å². The van der Waals surface area contributed by atoms with E-state index in [1.165, 1.54) is 6.92 Å². The molecule has 5 N–H and O–H groups in total. The highest BCUT2D eigenvalue weighted by Gasteiger charge is 2.21. The highest BCUT2D eigenvalue weighted by atomic mass is 16.3. The van der Waals surface area contributed by atoms with Crippen LogP contribution in [0, 0.1) is 0 Å². The van der Waals surface area contributed by atoms with Crippen LogP contribution in [0.3, 0.4) is 0 Å². The Bertz CT molecular complexity index is 1320. The van der Waals surface area contributed by atoms with Crippen molar-refractivity contribution in [3.8, 4) is 5.75 Å². The number of fused-ring (bicyclic) bond motifs is 1. The van der Waals surface area contributed by atoms with Gasteiger partial charge in [0, 0.05) is 24.5 Å². The number of amides is 1. The molecular weight excluding hydrogens is 386 g/mol. The zero-order chi connectivity index (χ0) is 21.3. The molecule has 4 rings (SSSR count). The van der Waals surface area contributed by atoms with Gasteiger partial charge in [0.1, 0.15) is 17.1 Å².